The number of aromatic nitrogens is 1. The summed E-state index contributed by atoms with van der Waals surface area (Å²) in [5, 5.41) is 20.3. The lowest BCUT2D eigenvalue weighted by atomic mass is 10.1. The van der Waals surface area contributed by atoms with Gasteiger partial charge in [-0.3, -0.25) is 24.6 Å². The fraction of sp³-hybridized carbons (Fsp3) is 0.0952. The molecule has 8 nitrogen and oxygen atoms in total. The standard InChI is InChI=1S/C21H14N4O4S/c22-9-10-23-13-15(17-3-1-2-4-18(17)23)11-19-20(26)24(21(27)30-19)12-14-5-7-16(8-6-14)25(28)29/h1-8,11,13H,10,12H2/b19-11-. The molecule has 1 aliphatic heterocycles. The van der Waals surface area contributed by atoms with Gasteiger partial charge in [-0.1, -0.05) is 30.3 Å². The van der Waals surface area contributed by atoms with Gasteiger partial charge in [0.1, 0.15) is 6.54 Å². The molecule has 0 saturated carbocycles. The van der Waals surface area contributed by atoms with Crippen molar-refractivity contribution >= 4 is 45.6 Å². The van der Waals surface area contributed by atoms with Crippen LogP contribution in [-0.2, 0) is 17.9 Å². The summed E-state index contributed by atoms with van der Waals surface area (Å²) < 4.78 is 1.79. The van der Waals surface area contributed by atoms with E-state index >= 15 is 0 Å². The van der Waals surface area contributed by atoms with E-state index in [1.54, 1.807) is 16.8 Å². The molecule has 0 radical (unpaired) electrons. The van der Waals surface area contributed by atoms with Crippen molar-refractivity contribution in [1.82, 2.24) is 9.47 Å². The van der Waals surface area contributed by atoms with E-state index in [-0.39, 0.29) is 18.8 Å². The summed E-state index contributed by atoms with van der Waals surface area (Å²) >= 11 is 0.851. The molecule has 1 aromatic heterocycles. The molecule has 0 bridgehead atoms. The lowest BCUT2D eigenvalue weighted by Crippen LogP contribution is -2.27. The van der Waals surface area contributed by atoms with Crippen molar-refractivity contribution in [2.24, 2.45) is 0 Å². The Morgan fingerprint density at radius 1 is 1.13 bits per heavy atom. The number of nitro groups is 1. The van der Waals surface area contributed by atoms with E-state index in [2.05, 4.69) is 6.07 Å². The zero-order valence-electron chi connectivity index (χ0n) is 15.5. The largest absolute Gasteiger partial charge is 0.333 e. The molecule has 1 saturated heterocycles. The number of hydrogen-bond donors (Lipinski definition) is 0. The van der Waals surface area contributed by atoms with E-state index in [4.69, 9.17) is 5.26 Å². The first kappa shape index (κ1) is 19.4. The smallest absolute Gasteiger partial charge is 0.293 e. The normalized spacial score (nSPS) is 15.2. The molecule has 0 atom stereocenters. The molecule has 0 unspecified atom stereocenters. The number of nitro benzene ring substituents is 1. The fourth-order valence-corrected chi connectivity index (χ4v) is 4.11. The molecule has 9 heteroatoms. The minimum Gasteiger partial charge on any atom is -0.333 e. The van der Waals surface area contributed by atoms with Gasteiger partial charge in [0.2, 0.25) is 0 Å². The maximum absolute atomic E-state index is 12.8. The number of rotatable bonds is 5. The molecule has 1 fully saturated rings. The molecule has 4 rings (SSSR count). The van der Waals surface area contributed by atoms with Gasteiger partial charge in [0.15, 0.2) is 0 Å². The molecule has 1 aliphatic rings. The predicted octanol–water partition coefficient (Wildman–Crippen LogP) is 4.31. The van der Waals surface area contributed by atoms with Crippen LogP contribution in [0.5, 0.6) is 0 Å². The predicted molar refractivity (Wildman–Crippen MR) is 112 cm³/mol. The van der Waals surface area contributed by atoms with Gasteiger partial charge >= 0.3 is 0 Å². The molecule has 2 heterocycles. The SMILES string of the molecule is N#CCn1cc(/C=C2\SC(=O)N(Cc3ccc([N+](=O)[O-])cc3)C2=O)c2ccccc21. The second kappa shape index (κ2) is 7.85. The Bertz CT molecular complexity index is 1250. The van der Waals surface area contributed by atoms with Crippen LogP contribution in [0.1, 0.15) is 11.1 Å². The molecule has 0 aliphatic carbocycles. The van der Waals surface area contributed by atoms with Crippen LogP contribution in [0.25, 0.3) is 17.0 Å². The molecular weight excluding hydrogens is 404 g/mol. The second-order valence-corrected chi connectivity index (χ2v) is 7.57. The highest BCUT2D eigenvalue weighted by Gasteiger charge is 2.35. The number of imide groups is 1. The highest BCUT2D eigenvalue weighted by molar-refractivity contribution is 8.18. The number of fused-ring (bicyclic) bond motifs is 1. The van der Waals surface area contributed by atoms with Crippen LogP contribution < -0.4 is 0 Å². The quantitative estimate of drug-likeness (QED) is 0.347. The minimum absolute atomic E-state index is 0.0379. The summed E-state index contributed by atoms with van der Waals surface area (Å²) in [5.74, 6) is -0.416. The third-order valence-corrected chi connectivity index (χ3v) is 5.62. The van der Waals surface area contributed by atoms with Crippen LogP contribution in [-0.4, -0.2) is 25.5 Å². The summed E-state index contributed by atoms with van der Waals surface area (Å²) in [5.41, 5.74) is 2.19. The maximum atomic E-state index is 12.8. The molecule has 0 N–H and O–H groups in total. The van der Waals surface area contributed by atoms with Gasteiger partial charge in [-0.25, -0.2) is 0 Å². The lowest BCUT2D eigenvalue weighted by molar-refractivity contribution is -0.384. The fourth-order valence-electron chi connectivity index (χ4n) is 3.28. The van der Waals surface area contributed by atoms with Gasteiger partial charge in [0.25, 0.3) is 16.8 Å². The topological polar surface area (TPSA) is 109 Å². The van der Waals surface area contributed by atoms with Crippen molar-refractivity contribution in [3.8, 4) is 6.07 Å². The van der Waals surface area contributed by atoms with Crippen LogP contribution in [0.3, 0.4) is 0 Å². The van der Waals surface area contributed by atoms with E-state index in [1.807, 2.05) is 24.3 Å². The number of thioether (sulfide) groups is 1. The number of nitriles is 1. The van der Waals surface area contributed by atoms with Crippen LogP contribution in [0, 0.1) is 21.4 Å². The summed E-state index contributed by atoms with van der Waals surface area (Å²) in [7, 11) is 0. The average Bonchev–Trinajstić information content (AvgIpc) is 3.21. The van der Waals surface area contributed by atoms with E-state index < -0.39 is 16.1 Å². The van der Waals surface area contributed by atoms with Gasteiger partial charge in [0, 0.05) is 34.8 Å². The van der Waals surface area contributed by atoms with Gasteiger partial charge in [-0.2, -0.15) is 5.26 Å². The summed E-state index contributed by atoms with van der Waals surface area (Å²) in [6.07, 6.45) is 3.45. The van der Waals surface area contributed by atoms with E-state index in [0.29, 0.717) is 10.5 Å². The monoisotopic (exact) mass is 418 g/mol. The highest BCUT2D eigenvalue weighted by Crippen LogP contribution is 2.35. The minimum atomic E-state index is -0.505. The molecule has 0 spiro atoms. The third-order valence-electron chi connectivity index (χ3n) is 4.71. The van der Waals surface area contributed by atoms with E-state index in [0.717, 1.165) is 33.1 Å². The molecule has 2 aromatic carbocycles. The summed E-state index contributed by atoms with van der Waals surface area (Å²) in [6.45, 7) is 0.214. The Balaban J connectivity index is 1.61. The first-order chi connectivity index (χ1) is 14.5. The Labute approximate surface area is 175 Å². The number of nitrogens with zero attached hydrogens (tertiary/aromatic N) is 4. The van der Waals surface area contributed by atoms with Gasteiger partial charge in [-0.05, 0) is 29.5 Å². The Kier molecular flexibility index (Phi) is 5.08. The molecule has 3 aromatic rings. The number of hydrogen-bond acceptors (Lipinski definition) is 6. The number of para-hydroxylation sites is 1. The van der Waals surface area contributed by atoms with E-state index in [9.17, 15) is 19.7 Å². The first-order valence-corrected chi connectivity index (χ1v) is 9.73. The highest BCUT2D eigenvalue weighted by atomic mass is 32.2. The van der Waals surface area contributed by atoms with Crippen LogP contribution >= 0.6 is 11.8 Å². The second-order valence-electron chi connectivity index (χ2n) is 6.58. The molecular formula is C21H14N4O4S. The number of benzene rings is 2. The van der Waals surface area contributed by atoms with Crippen molar-refractivity contribution in [2.75, 3.05) is 0 Å². The van der Waals surface area contributed by atoms with Crippen molar-refractivity contribution in [1.29, 1.82) is 5.26 Å². The van der Waals surface area contributed by atoms with Gasteiger partial charge in [0.05, 0.1) is 22.4 Å². The van der Waals surface area contributed by atoms with Gasteiger partial charge in [-0.15, -0.1) is 0 Å². The molecule has 30 heavy (non-hydrogen) atoms. The van der Waals surface area contributed by atoms with Crippen molar-refractivity contribution in [3.63, 3.8) is 0 Å². The number of carbonyl (C=O) groups excluding carboxylic acids is 2. The Morgan fingerprint density at radius 2 is 1.87 bits per heavy atom. The zero-order valence-corrected chi connectivity index (χ0v) is 16.3. The van der Waals surface area contributed by atoms with Gasteiger partial charge < -0.3 is 4.57 Å². The molecule has 148 valence electrons. The summed E-state index contributed by atoms with van der Waals surface area (Å²) in [4.78, 5) is 36.9. The lowest BCUT2D eigenvalue weighted by Gasteiger charge is -2.12. The number of amides is 2. The average molecular weight is 418 g/mol. The van der Waals surface area contributed by atoms with Crippen molar-refractivity contribution in [2.45, 2.75) is 13.1 Å². The first-order valence-electron chi connectivity index (χ1n) is 8.91. The number of carbonyl (C=O) groups is 2. The van der Waals surface area contributed by atoms with Crippen molar-refractivity contribution in [3.05, 3.63) is 80.9 Å². The Hall–Kier alpha value is -3.90. The molecule has 2 amide bonds. The number of non-ortho nitro benzene ring substituents is 1. The van der Waals surface area contributed by atoms with Crippen molar-refractivity contribution < 1.29 is 14.5 Å². The van der Waals surface area contributed by atoms with Crippen LogP contribution in [0.2, 0.25) is 0 Å². The van der Waals surface area contributed by atoms with Crippen LogP contribution in [0.15, 0.2) is 59.6 Å². The zero-order chi connectivity index (χ0) is 21.3. The maximum Gasteiger partial charge on any atom is 0.293 e. The third kappa shape index (κ3) is 3.56. The van der Waals surface area contributed by atoms with E-state index in [1.165, 1.54) is 24.3 Å². The van der Waals surface area contributed by atoms with Crippen LogP contribution in [0.4, 0.5) is 10.5 Å². The Morgan fingerprint density at radius 3 is 2.57 bits per heavy atom. The summed E-state index contributed by atoms with van der Waals surface area (Å²) in [6, 6.07) is 15.4.